The number of benzene rings is 1. The molecule has 0 amide bonds. The maximum absolute atomic E-state index is 12.6. The van der Waals surface area contributed by atoms with E-state index in [-0.39, 0.29) is 30.1 Å². The number of hydrogen-bond donors (Lipinski definition) is 0. The van der Waals surface area contributed by atoms with E-state index in [0.29, 0.717) is 18.8 Å². The first-order valence-corrected chi connectivity index (χ1v) is 8.65. The van der Waals surface area contributed by atoms with Crippen LogP contribution in [0.5, 0.6) is 0 Å². The van der Waals surface area contributed by atoms with Gasteiger partial charge >= 0.3 is 5.97 Å². The van der Waals surface area contributed by atoms with Crippen molar-refractivity contribution < 1.29 is 28.5 Å². The third kappa shape index (κ3) is 3.52. The molecule has 1 aliphatic heterocycles. The van der Waals surface area contributed by atoms with Crippen LogP contribution in [0.25, 0.3) is 0 Å². The van der Waals surface area contributed by atoms with Crippen molar-refractivity contribution >= 4 is 11.8 Å². The topological polar surface area (TPSA) is 71.1 Å². The Bertz CT molecular complexity index is 711. The summed E-state index contributed by atoms with van der Waals surface area (Å²) in [5.74, 6) is -1.80. The van der Waals surface area contributed by atoms with E-state index in [2.05, 4.69) is 18.6 Å². The minimum atomic E-state index is -1.01. The zero-order valence-electron chi connectivity index (χ0n) is 15.3. The molecule has 0 bridgehead atoms. The van der Waals surface area contributed by atoms with Gasteiger partial charge in [-0.2, -0.15) is 0 Å². The maximum atomic E-state index is 12.6. The van der Waals surface area contributed by atoms with E-state index in [4.69, 9.17) is 14.2 Å². The number of ketones is 1. The van der Waals surface area contributed by atoms with Gasteiger partial charge < -0.3 is 18.9 Å². The van der Waals surface area contributed by atoms with Gasteiger partial charge in [0.1, 0.15) is 0 Å². The summed E-state index contributed by atoms with van der Waals surface area (Å²) >= 11 is 0. The number of rotatable bonds is 4. The predicted octanol–water partition coefficient (Wildman–Crippen LogP) is 2.82. The van der Waals surface area contributed by atoms with E-state index < -0.39 is 11.8 Å². The number of carbonyl (C=O) groups excluding carboxylic acids is 2. The minimum absolute atomic E-state index is 0.0359. The molecule has 1 spiro atoms. The van der Waals surface area contributed by atoms with Crippen LogP contribution in [0.1, 0.15) is 36.2 Å². The molecule has 0 N–H and O–H groups in total. The average Bonchev–Trinajstić information content (AvgIpc) is 2.64. The van der Waals surface area contributed by atoms with E-state index >= 15 is 0 Å². The van der Waals surface area contributed by atoms with Crippen LogP contribution in [0.15, 0.2) is 36.6 Å². The number of ether oxygens (including phenoxy) is 4. The first-order valence-electron chi connectivity index (χ1n) is 8.65. The number of hydrogen-bond acceptors (Lipinski definition) is 6. The smallest absolute Gasteiger partial charge is 0.333 e. The Kier molecular flexibility index (Phi) is 5.16. The summed E-state index contributed by atoms with van der Waals surface area (Å²) in [6.45, 7) is 5.37. The summed E-state index contributed by atoms with van der Waals surface area (Å²) in [6, 6.07) is 7.40. The van der Waals surface area contributed by atoms with Crippen LogP contribution in [0.3, 0.4) is 0 Å². The molecule has 0 aromatic heterocycles. The third-order valence-corrected chi connectivity index (χ3v) is 4.73. The highest BCUT2D eigenvalue weighted by Crippen LogP contribution is 2.47. The van der Waals surface area contributed by atoms with Gasteiger partial charge in [-0.15, -0.1) is 0 Å². The first-order chi connectivity index (χ1) is 12.4. The standard InChI is InChI=1S/C20H24O6/c1-19(2)12-25-20(26-13-19)14(11-24-9-8-18(22)23-3)10-17(21)15-6-4-5-7-16(15)20/h4-9,14H,10-13H2,1-3H3/b9-8+. The predicted molar refractivity (Wildman–Crippen MR) is 93.4 cm³/mol. The van der Waals surface area contributed by atoms with Crippen LogP contribution >= 0.6 is 0 Å². The molecule has 0 radical (unpaired) electrons. The Morgan fingerprint density at radius 2 is 1.96 bits per heavy atom. The lowest BCUT2D eigenvalue weighted by molar-refractivity contribution is -0.336. The molecule has 2 aliphatic rings. The first kappa shape index (κ1) is 18.6. The zero-order valence-corrected chi connectivity index (χ0v) is 15.3. The molecule has 1 fully saturated rings. The van der Waals surface area contributed by atoms with Gasteiger partial charge in [0.2, 0.25) is 5.79 Å². The quantitative estimate of drug-likeness (QED) is 0.467. The fourth-order valence-electron chi connectivity index (χ4n) is 3.31. The third-order valence-electron chi connectivity index (χ3n) is 4.73. The fraction of sp³-hybridized carbons (Fsp3) is 0.500. The van der Waals surface area contributed by atoms with E-state index in [0.717, 1.165) is 5.56 Å². The van der Waals surface area contributed by atoms with Gasteiger partial charge in [-0.1, -0.05) is 38.1 Å². The van der Waals surface area contributed by atoms with E-state index in [1.165, 1.54) is 19.4 Å². The SMILES string of the molecule is COC(=O)/C=C/OCC1CC(=O)c2ccccc2C12OCC(C)(C)CO2. The summed E-state index contributed by atoms with van der Waals surface area (Å²) in [6.07, 6.45) is 2.72. The molecule has 1 unspecified atom stereocenters. The highest BCUT2D eigenvalue weighted by atomic mass is 16.7. The number of methoxy groups -OCH3 is 1. The van der Waals surface area contributed by atoms with Crippen molar-refractivity contribution in [3.63, 3.8) is 0 Å². The van der Waals surface area contributed by atoms with E-state index in [1.807, 2.05) is 18.2 Å². The van der Waals surface area contributed by atoms with Gasteiger partial charge in [-0.25, -0.2) is 4.79 Å². The van der Waals surface area contributed by atoms with Crippen molar-refractivity contribution in [1.29, 1.82) is 0 Å². The van der Waals surface area contributed by atoms with Crippen molar-refractivity contribution in [2.24, 2.45) is 11.3 Å². The van der Waals surface area contributed by atoms with E-state index in [1.54, 1.807) is 6.07 Å². The van der Waals surface area contributed by atoms with Crippen molar-refractivity contribution in [1.82, 2.24) is 0 Å². The molecule has 1 aromatic carbocycles. The zero-order chi connectivity index (χ0) is 18.8. The second-order valence-electron chi connectivity index (χ2n) is 7.44. The Morgan fingerprint density at radius 1 is 1.27 bits per heavy atom. The number of carbonyl (C=O) groups is 2. The Morgan fingerprint density at radius 3 is 2.65 bits per heavy atom. The van der Waals surface area contributed by atoms with Crippen molar-refractivity contribution in [2.45, 2.75) is 26.1 Å². The number of Topliss-reactive ketones (excluding diaryl/α,β-unsaturated/α-hetero) is 1. The molecule has 1 saturated heterocycles. The molecule has 26 heavy (non-hydrogen) atoms. The maximum Gasteiger partial charge on any atom is 0.333 e. The summed E-state index contributed by atoms with van der Waals surface area (Å²) in [7, 11) is 1.30. The highest BCUT2D eigenvalue weighted by Gasteiger charge is 2.53. The lowest BCUT2D eigenvalue weighted by atomic mass is 9.77. The van der Waals surface area contributed by atoms with Crippen LogP contribution in [0.2, 0.25) is 0 Å². The molecule has 1 aromatic rings. The molecule has 6 nitrogen and oxygen atoms in total. The number of esters is 1. The van der Waals surface area contributed by atoms with Crippen LogP contribution in [0, 0.1) is 11.3 Å². The van der Waals surface area contributed by atoms with Crippen LogP contribution in [0.4, 0.5) is 0 Å². The molecular formula is C20H24O6. The summed E-state index contributed by atoms with van der Waals surface area (Å²) in [5.41, 5.74) is 1.28. The molecule has 140 valence electrons. The van der Waals surface area contributed by atoms with Gasteiger partial charge in [0.15, 0.2) is 5.78 Å². The second-order valence-corrected chi connectivity index (χ2v) is 7.44. The normalized spacial score (nSPS) is 23.7. The molecule has 0 saturated carbocycles. The van der Waals surface area contributed by atoms with Gasteiger partial charge in [0.25, 0.3) is 0 Å². The van der Waals surface area contributed by atoms with Crippen LogP contribution in [-0.2, 0) is 29.5 Å². The summed E-state index contributed by atoms with van der Waals surface area (Å²) in [4.78, 5) is 23.7. The average molecular weight is 360 g/mol. The molecule has 1 aliphatic carbocycles. The molecule has 1 atom stereocenters. The summed E-state index contributed by atoms with van der Waals surface area (Å²) in [5, 5.41) is 0. The highest BCUT2D eigenvalue weighted by molar-refractivity contribution is 5.99. The molecule has 1 heterocycles. The van der Waals surface area contributed by atoms with E-state index in [9.17, 15) is 9.59 Å². The largest absolute Gasteiger partial charge is 0.500 e. The minimum Gasteiger partial charge on any atom is -0.500 e. The van der Waals surface area contributed by atoms with Gasteiger partial charge in [-0.05, 0) is 0 Å². The van der Waals surface area contributed by atoms with Crippen molar-refractivity contribution in [3.8, 4) is 0 Å². The van der Waals surface area contributed by atoms with Crippen LogP contribution < -0.4 is 0 Å². The fourth-order valence-corrected chi connectivity index (χ4v) is 3.31. The van der Waals surface area contributed by atoms with Gasteiger partial charge in [-0.3, -0.25) is 4.79 Å². The monoisotopic (exact) mass is 360 g/mol. The lowest BCUT2D eigenvalue weighted by Gasteiger charge is -2.49. The van der Waals surface area contributed by atoms with Crippen molar-refractivity contribution in [2.75, 3.05) is 26.9 Å². The molecular weight excluding hydrogens is 336 g/mol. The second kappa shape index (κ2) is 7.21. The lowest BCUT2D eigenvalue weighted by Crippen LogP contribution is -2.54. The Balaban J connectivity index is 1.87. The summed E-state index contributed by atoms with van der Waals surface area (Å²) < 4.78 is 22.5. The molecule has 6 heteroatoms. The Hall–Kier alpha value is -2.18. The Labute approximate surface area is 153 Å². The van der Waals surface area contributed by atoms with Crippen LogP contribution in [-0.4, -0.2) is 38.7 Å². The van der Waals surface area contributed by atoms with Gasteiger partial charge in [0, 0.05) is 23.0 Å². The molecule has 3 rings (SSSR count). The van der Waals surface area contributed by atoms with Crippen molar-refractivity contribution in [3.05, 3.63) is 47.7 Å². The number of fused-ring (bicyclic) bond motifs is 2. The van der Waals surface area contributed by atoms with Gasteiger partial charge in [0.05, 0.1) is 45.2 Å².